The number of rotatable bonds is 6. The van der Waals surface area contributed by atoms with E-state index in [0.29, 0.717) is 41.1 Å². The van der Waals surface area contributed by atoms with Gasteiger partial charge in [0.1, 0.15) is 5.82 Å². The quantitative estimate of drug-likeness (QED) is 0.272. The summed E-state index contributed by atoms with van der Waals surface area (Å²) in [5, 5.41) is 13.5. The lowest BCUT2D eigenvalue weighted by Gasteiger charge is -2.13. The number of H-pyrrole nitrogens is 1. The molecule has 5 aromatic rings. The number of nitrogens with one attached hydrogen (secondary N) is 3. The maximum Gasteiger partial charge on any atom is 0.257 e. The summed E-state index contributed by atoms with van der Waals surface area (Å²) in [6, 6.07) is 17.0. The lowest BCUT2D eigenvalue weighted by atomic mass is 10.1. The van der Waals surface area contributed by atoms with Crippen molar-refractivity contribution in [3.8, 4) is 22.5 Å². The Balaban J connectivity index is 1.27. The average Bonchev–Trinajstić information content (AvgIpc) is 3.62. The van der Waals surface area contributed by atoms with Crippen molar-refractivity contribution in [1.29, 1.82) is 0 Å². The summed E-state index contributed by atoms with van der Waals surface area (Å²) in [6.45, 7) is 0.853. The Kier molecular flexibility index (Phi) is 6.05. The summed E-state index contributed by atoms with van der Waals surface area (Å²) in [7, 11) is 0. The maximum atomic E-state index is 12.7. The third kappa shape index (κ3) is 4.90. The summed E-state index contributed by atoms with van der Waals surface area (Å²) < 4.78 is 5.66. The molecule has 0 radical (unpaired) electrons. The van der Waals surface area contributed by atoms with Gasteiger partial charge in [-0.2, -0.15) is 5.10 Å². The van der Waals surface area contributed by atoms with Crippen LogP contribution < -0.4 is 10.6 Å². The highest BCUT2D eigenvalue weighted by molar-refractivity contribution is 6.30. The number of carbonyl (C=O) groups excluding carboxylic acids is 1. The van der Waals surface area contributed by atoms with E-state index in [9.17, 15) is 4.79 Å². The molecule has 6 rings (SSSR count). The fourth-order valence-electron chi connectivity index (χ4n) is 4.05. The number of anilines is 3. The van der Waals surface area contributed by atoms with Gasteiger partial charge in [-0.15, -0.1) is 0 Å². The number of hydrogen-bond donors (Lipinski definition) is 3. The summed E-state index contributed by atoms with van der Waals surface area (Å²) >= 11 is 5.97. The highest BCUT2D eigenvalue weighted by Gasteiger charge is 2.21. The molecule has 1 aliphatic rings. The second-order valence-corrected chi connectivity index (χ2v) is 8.87. The first kappa shape index (κ1) is 22.8. The topological polar surface area (TPSA) is 118 Å². The number of aromatic amines is 1. The van der Waals surface area contributed by atoms with Crippen molar-refractivity contribution in [1.82, 2.24) is 25.1 Å². The number of pyridine rings is 1. The number of amides is 1. The Hall–Kier alpha value is -4.60. The Labute approximate surface area is 216 Å². The monoisotopic (exact) mass is 509 g/mol. The number of nitrogens with zero attached hydrogens (tertiary/aromatic N) is 4. The number of aromatic nitrogens is 5. The number of ether oxygens (including phenoxy) is 1. The lowest BCUT2D eigenvalue weighted by Crippen LogP contribution is -2.12. The van der Waals surface area contributed by atoms with E-state index in [1.807, 2.05) is 48.7 Å². The van der Waals surface area contributed by atoms with Gasteiger partial charge in [-0.25, -0.2) is 9.97 Å². The number of hydrogen-bond acceptors (Lipinski definition) is 7. The van der Waals surface area contributed by atoms with Crippen molar-refractivity contribution in [2.75, 3.05) is 10.6 Å². The molecule has 0 saturated heterocycles. The van der Waals surface area contributed by atoms with Gasteiger partial charge in [-0.3, -0.25) is 14.9 Å². The molecule has 1 aliphatic heterocycles. The molecule has 1 amide bonds. The third-order valence-corrected chi connectivity index (χ3v) is 6.11. The molecule has 9 nitrogen and oxygen atoms in total. The van der Waals surface area contributed by atoms with Crippen LogP contribution in [-0.2, 0) is 18.0 Å². The van der Waals surface area contributed by atoms with Crippen LogP contribution in [0.15, 0.2) is 79.4 Å². The molecule has 182 valence electrons. The highest BCUT2D eigenvalue weighted by atomic mass is 35.5. The van der Waals surface area contributed by atoms with E-state index in [0.717, 1.165) is 33.6 Å². The van der Waals surface area contributed by atoms with Gasteiger partial charge in [0.2, 0.25) is 0 Å². The zero-order valence-corrected chi connectivity index (χ0v) is 20.2. The van der Waals surface area contributed by atoms with Crippen molar-refractivity contribution in [2.45, 2.75) is 13.2 Å². The van der Waals surface area contributed by atoms with Crippen LogP contribution in [0.2, 0.25) is 5.02 Å². The van der Waals surface area contributed by atoms with Crippen LogP contribution in [0, 0.1) is 0 Å². The fraction of sp³-hybridized carbons (Fsp3) is 0.0741. The zero-order chi connectivity index (χ0) is 25.2. The molecule has 4 heterocycles. The summed E-state index contributed by atoms with van der Waals surface area (Å²) in [5.74, 6) is 0.909. The van der Waals surface area contributed by atoms with E-state index in [1.165, 1.54) is 12.4 Å². The second kappa shape index (κ2) is 9.81. The van der Waals surface area contributed by atoms with Gasteiger partial charge in [0.05, 0.1) is 35.7 Å². The molecule has 0 unspecified atom stereocenters. The first-order chi connectivity index (χ1) is 18.1. The van der Waals surface area contributed by atoms with Crippen LogP contribution in [0.25, 0.3) is 22.5 Å². The van der Waals surface area contributed by atoms with Gasteiger partial charge >= 0.3 is 0 Å². The van der Waals surface area contributed by atoms with E-state index >= 15 is 0 Å². The van der Waals surface area contributed by atoms with Gasteiger partial charge in [-0.1, -0.05) is 35.9 Å². The molecule has 0 bridgehead atoms. The van der Waals surface area contributed by atoms with Crippen molar-refractivity contribution < 1.29 is 9.53 Å². The minimum atomic E-state index is -0.309. The van der Waals surface area contributed by atoms with Crippen LogP contribution in [0.5, 0.6) is 0 Å². The molecular formula is C27H20ClN7O2. The maximum absolute atomic E-state index is 12.7. The molecule has 3 aromatic heterocycles. The van der Waals surface area contributed by atoms with E-state index in [2.05, 4.69) is 25.8 Å². The second-order valence-electron chi connectivity index (χ2n) is 8.43. The van der Waals surface area contributed by atoms with Crippen LogP contribution >= 0.6 is 11.6 Å². The van der Waals surface area contributed by atoms with Gasteiger partial charge in [0, 0.05) is 46.7 Å². The summed E-state index contributed by atoms with van der Waals surface area (Å²) in [6.07, 6.45) is 6.58. The minimum absolute atomic E-state index is 0.309. The van der Waals surface area contributed by atoms with E-state index in [4.69, 9.17) is 26.3 Å². The third-order valence-electron chi connectivity index (χ3n) is 5.90. The van der Waals surface area contributed by atoms with Crippen LogP contribution in [0.1, 0.15) is 21.6 Å². The normalized spacial score (nSPS) is 12.2. The Morgan fingerprint density at radius 3 is 2.62 bits per heavy atom. The Morgan fingerprint density at radius 2 is 1.81 bits per heavy atom. The molecule has 37 heavy (non-hydrogen) atoms. The Morgan fingerprint density at radius 1 is 0.919 bits per heavy atom. The molecule has 0 spiro atoms. The van der Waals surface area contributed by atoms with E-state index in [-0.39, 0.29) is 5.91 Å². The first-order valence-electron chi connectivity index (χ1n) is 11.5. The molecule has 10 heteroatoms. The fourth-order valence-corrected chi connectivity index (χ4v) is 4.22. The van der Waals surface area contributed by atoms with Crippen LogP contribution in [-0.4, -0.2) is 31.1 Å². The van der Waals surface area contributed by atoms with Crippen molar-refractivity contribution in [3.63, 3.8) is 0 Å². The van der Waals surface area contributed by atoms with Gasteiger partial charge in [0.15, 0.2) is 5.82 Å². The smallest absolute Gasteiger partial charge is 0.257 e. The van der Waals surface area contributed by atoms with E-state index < -0.39 is 0 Å². The molecular weight excluding hydrogens is 490 g/mol. The van der Waals surface area contributed by atoms with Gasteiger partial charge in [0.25, 0.3) is 5.91 Å². The summed E-state index contributed by atoms with van der Waals surface area (Å²) in [5.41, 5.74) is 6.47. The number of fused-ring (bicyclic) bond motifs is 1. The van der Waals surface area contributed by atoms with Crippen molar-refractivity contribution in [2.24, 2.45) is 0 Å². The number of carbonyl (C=O) groups is 1. The average molecular weight is 510 g/mol. The predicted molar refractivity (Wildman–Crippen MR) is 140 cm³/mol. The van der Waals surface area contributed by atoms with Crippen LogP contribution in [0.3, 0.4) is 0 Å². The largest absolute Gasteiger partial charge is 0.370 e. The molecule has 0 fully saturated rings. The molecule has 2 aromatic carbocycles. The summed E-state index contributed by atoms with van der Waals surface area (Å²) in [4.78, 5) is 26.2. The highest BCUT2D eigenvalue weighted by Crippen LogP contribution is 2.31. The zero-order valence-electron chi connectivity index (χ0n) is 19.4. The van der Waals surface area contributed by atoms with Crippen LogP contribution in [0.4, 0.5) is 17.2 Å². The SMILES string of the molecule is O=C(Nc1cccc(-c2nc3c(c(Nc4ccc(-c5cn[nH]c5)cc4)n2)COC3)c1)c1cncc(Cl)c1. The molecule has 3 N–H and O–H groups in total. The van der Waals surface area contributed by atoms with Crippen molar-refractivity contribution >= 4 is 34.7 Å². The molecule has 0 aliphatic carbocycles. The molecule has 0 atom stereocenters. The standard InChI is InChI=1S/C27H20ClN7O2/c28-20-8-18(10-29-13-20)27(36)33-22-3-1-2-17(9-22)25-34-24-15-37-14-23(24)26(35-25)32-21-6-4-16(5-7-21)19-11-30-31-12-19/h1-13H,14-15H2,(H,30,31)(H,33,36)(H,32,34,35). The number of halogens is 1. The lowest BCUT2D eigenvalue weighted by molar-refractivity contribution is 0.102. The predicted octanol–water partition coefficient (Wildman–Crippen LogP) is 5.61. The molecule has 0 saturated carbocycles. The van der Waals surface area contributed by atoms with E-state index in [1.54, 1.807) is 18.3 Å². The number of benzene rings is 2. The van der Waals surface area contributed by atoms with Crippen molar-refractivity contribution in [3.05, 3.63) is 101 Å². The minimum Gasteiger partial charge on any atom is -0.370 e. The first-order valence-corrected chi connectivity index (χ1v) is 11.9. The van der Waals surface area contributed by atoms with Gasteiger partial charge in [-0.05, 0) is 35.9 Å². The Bertz CT molecular complexity index is 1590. The van der Waals surface area contributed by atoms with Gasteiger partial charge < -0.3 is 15.4 Å².